The van der Waals surface area contributed by atoms with E-state index in [9.17, 15) is 0 Å². The van der Waals surface area contributed by atoms with Crippen molar-refractivity contribution in [2.75, 3.05) is 5.73 Å². The van der Waals surface area contributed by atoms with E-state index in [2.05, 4.69) is 56.4 Å². The van der Waals surface area contributed by atoms with Crippen LogP contribution in [0, 0.1) is 0 Å². The third kappa shape index (κ3) is 4.10. The van der Waals surface area contributed by atoms with Gasteiger partial charge in [-0.3, -0.25) is 0 Å². The van der Waals surface area contributed by atoms with Crippen LogP contribution in [0.3, 0.4) is 0 Å². The van der Waals surface area contributed by atoms with E-state index < -0.39 is 0 Å². The third-order valence-electron chi connectivity index (χ3n) is 3.43. The molecule has 0 saturated carbocycles. The van der Waals surface area contributed by atoms with Crippen LogP contribution in [0.1, 0.15) is 37.5 Å². The van der Waals surface area contributed by atoms with Gasteiger partial charge in [-0.25, -0.2) is 0 Å². The molecule has 0 bridgehead atoms. The predicted octanol–water partition coefficient (Wildman–Crippen LogP) is 3.86. The molecule has 0 heterocycles. The third-order valence-corrected chi connectivity index (χ3v) is 3.43. The van der Waals surface area contributed by atoms with E-state index >= 15 is 0 Å². The Hall–Kier alpha value is -1.80. The molecule has 0 atom stereocenters. The Kier molecular flexibility index (Phi) is 4.46. The number of nitrogen functional groups attached to an aromatic ring is 1. The van der Waals surface area contributed by atoms with Crippen molar-refractivity contribution in [1.82, 2.24) is 5.32 Å². The SMILES string of the molecule is CC(C)(C)c1ccc(CNCc2cccc(N)c2)cc1. The molecule has 2 rings (SSSR count). The number of hydrogen-bond acceptors (Lipinski definition) is 2. The van der Waals surface area contributed by atoms with Crippen molar-refractivity contribution in [1.29, 1.82) is 0 Å². The lowest BCUT2D eigenvalue weighted by Gasteiger charge is -2.19. The van der Waals surface area contributed by atoms with E-state index in [-0.39, 0.29) is 5.41 Å². The second kappa shape index (κ2) is 6.10. The van der Waals surface area contributed by atoms with Crippen LogP contribution in [-0.2, 0) is 18.5 Å². The Balaban J connectivity index is 1.88. The van der Waals surface area contributed by atoms with Gasteiger partial charge in [0.2, 0.25) is 0 Å². The van der Waals surface area contributed by atoms with Gasteiger partial charge in [-0.1, -0.05) is 57.2 Å². The van der Waals surface area contributed by atoms with Crippen LogP contribution in [0.5, 0.6) is 0 Å². The lowest BCUT2D eigenvalue weighted by atomic mass is 9.87. The molecule has 0 radical (unpaired) electrons. The summed E-state index contributed by atoms with van der Waals surface area (Å²) in [7, 11) is 0. The minimum absolute atomic E-state index is 0.216. The molecule has 20 heavy (non-hydrogen) atoms. The number of hydrogen-bond donors (Lipinski definition) is 2. The monoisotopic (exact) mass is 268 g/mol. The maximum atomic E-state index is 5.77. The molecule has 0 aliphatic carbocycles. The average Bonchev–Trinajstić information content (AvgIpc) is 2.38. The minimum atomic E-state index is 0.216. The van der Waals surface area contributed by atoms with Crippen LogP contribution in [0.4, 0.5) is 5.69 Å². The van der Waals surface area contributed by atoms with E-state index in [1.54, 1.807) is 0 Å². The highest BCUT2D eigenvalue weighted by atomic mass is 14.8. The molecule has 0 spiro atoms. The summed E-state index contributed by atoms with van der Waals surface area (Å²) in [6.07, 6.45) is 0. The van der Waals surface area contributed by atoms with Gasteiger partial charge in [-0.05, 0) is 34.2 Å². The standard InChI is InChI=1S/C18H24N2/c1-18(2,3)16-9-7-14(8-10-16)12-20-13-15-5-4-6-17(19)11-15/h4-11,20H,12-13,19H2,1-3H3. The van der Waals surface area contributed by atoms with Crippen molar-refractivity contribution >= 4 is 5.69 Å². The quantitative estimate of drug-likeness (QED) is 0.826. The number of anilines is 1. The van der Waals surface area contributed by atoms with Crippen molar-refractivity contribution in [3.05, 3.63) is 65.2 Å². The fourth-order valence-electron chi connectivity index (χ4n) is 2.18. The molecule has 2 aromatic rings. The van der Waals surface area contributed by atoms with Crippen LogP contribution < -0.4 is 11.1 Å². The normalized spacial score (nSPS) is 11.6. The van der Waals surface area contributed by atoms with Gasteiger partial charge < -0.3 is 11.1 Å². The van der Waals surface area contributed by atoms with Crippen molar-refractivity contribution in [3.8, 4) is 0 Å². The summed E-state index contributed by atoms with van der Waals surface area (Å²) in [4.78, 5) is 0. The van der Waals surface area contributed by atoms with Gasteiger partial charge >= 0.3 is 0 Å². The lowest BCUT2D eigenvalue weighted by Crippen LogP contribution is -2.14. The van der Waals surface area contributed by atoms with E-state index in [1.807, 2.05) is 18.2 Å². The van der Waals surface area contributed by atoms with Crippen molar-refractivity contribution in [3.63, 3.8) is 0 Å². The van der Waals surface area contributed by atoms with E-state index in [0.717, 1.165) is 18.8 Å². The van der Waals surface area contributed by atoms with Crippen LogP contribution >= 0.6 is 0 Å². The molecule has 0 amide bonds. The van der Waals surface area contributed by atoms with Gasteiger partial charge in [0.15, 0.2) is 0 Å². The molecular formula is C18H24N2. The van der Waals surface area contributed by atoms with Crippen LogP contribution in [-0.4, -0.2) is 0 Å². The molecule has 2 aromatic carbocycles. The first-order valence-electron chi connectivity index (χ1n) is 7.10. The summed E-state index contributed by atoms with van der Waals surface area (Å²) >= 11 is 0. The van der Waals surface area contributed by atoms with Crippen molar-refractivity contribution < 1.29 is 0 Å². The number of nitrogens with one attached hydrogen (secondary N) is 1. The highest BCUT2D eigenvalue weighted by molar-refractivity contribution is 5.40. The zero-order chi connectivity index (χ0) is 14.6. The molecule has 3 N–H and O–H groups in total. The summed E-state index contributed by atoms with van der Waals surface area (Å²) in [6.45, 7) is 8.42. The summed E-state index contributed by atoms with van der Waals surface area (Å²) < 4.78 is 0. The first-order valence-corrected chi connectivity index (χ1v) is 7.10. The van der Waals surface area contributed by atoms with Gasteiger partial charge in [0.1, 0.15) is 0 Å². The second-order valence-corrected chi connectivity index (χ2v) is 6.30. The Morgan fingerprint density at radius 2 is 1.55 bits per heavy atom. The number of nitrogens with two attached hydrogens (primary N) is 1. The van der Waals surface area contributed by atoms with Crippen LogP contribution in [0.15, 0.2) is 48.5 Å². The maximum absolute atomic E-state index is 5.77. The van der Waals surface area contributed by atoms with E-state index in [0.29, 0.717) is 0 Å². The zero-order valence-electron chi connectivity index (χ0n) is 12.6. The molecular weight excluding hydrogens is 244 g/mol. The predicted molar refractivity (Wildman–Crippen MR) is 86.5 cm³/mol. The Labute approximate surface area is 122 Å². The molecule has 0 fully saturated rings. The van der Waals surface area contributed by atoms with E-state index in [4.69, 9.17) is 5.73 Å². The fourth-order valence-corrected chi connectivity index (χ4v) is 2.18. The van der Waals surface area contributed by atoms with Crippen LogP contribution in [0.25, 0.3) is 0 Å². The van der Waals surface area contributed by atoms with Gasteiger partial charge in [0, 0.05) is 18.8 Å². The van der Waals surface area contributed by atoms with Crippen molar-refractivity contribution in [2.45, 2.75) is 39.3 Å². The zero-order valence-corrected chi connectivity index (χ0v) is 12.6. The summed E-state index contributed by atoms with van der Waals surface area (Å²) in [5, 5.41) is 3.45. The van der Waals surface area contributed by atoms with E-state index in [1.165, 1.54) is 16.7 Å². The first kappa shape index (κ1) is 14.6. The fraction of sp³-hybridized carbons (Fsp3) is 0.333. The molecule has 0 aliphatic rings. The number of rotatable bonds is 4. The summed E-state index contributed by atoms with van der Waals surface area (Å²) in [5.74, 6) is 0. The highest BCUT2D eigenvalue weighted by Gasteiger charge is 2.12. The summed E-state index contributed by atoms with van der Waals surface area (Å²) in [6, 6.07) is 16.8. The highest BCUT2D eigenvalue weighted by Crippen LogP contribution is 2.22. The number of benzene rings is 2. The molecule has 0 aliphatic heterocycles. The smallest absolute Gasteiger partial charge is 0.0317 e. The minimum Gasteiger partial charge on any atom is -0.399 e. The Morgan fingerprint density at radius 3 is 2.15 bits per heavy atom. The first-order chi connectivity index (χ1) is 9.45. The molecule has 0 unspecified atom stereocenters. The van der Waals surface area contributed by atoms with Gasteiger partial charge in [0.05, 0.1) is 0 Å². The molecule has 0 saturated heterocycles. The molecule has 2 nitrogen and oxygen atoms in total. The second-order valence-electron chi connectivity index (χ2n) is 6.30. The van der Waals surface area contributed by atoms with Crippen LogP contribution in [0.2, 0.25) is 0 Å². The summed E-state index contributed by atoms with van der Waals surface area (Å²) in [5.41, 5.74) is 10.7. The molecule has 0 aromatic heterocycles. The topological polar surface area (TPSA) is 38.0 Å². The molecule has 106 valence electrons. The Morgan fingerprint density at radius 1 is 0.900 bits per heavy atom. The maximum Gasteiger partial charge on any atom is 0.0317 e. The average molecular weight is 268 g/mol. The van der Waals surface area contributed by atoms with Gasteiger partial charge in [0.25, 0.3) is 0 Å². The largest absolute Gasteiger partial charge is 0.399 e. The Bertz CT molecular complexity index is 550. The lowest BCUT2D eigenvalue weighted by molar-refractivity contribution is 0.589. The molecule has 2 heteroatoms. The van der Waals surface area contributed by atoms with Crippen molar-refractivity contribution in [2.24, 2.45) is 0 Å². The van der Waals surface area contributed by atoms with Gasteiger partial charge in [-0.2, -0.15) is 0 Å². The van der Waals surface area contributed by atoms with Gasteiger partial charge in [-0.15, -0.1) is 0 Å².